The van der Waals surface area contributed by atoms with Gasteiger partial charge in [0.05, 0.1) is 25.2 Å². The number of nitrogens with one attached hydrogen (secondary N) is 1. The van der Waals surface area contributed by atoms with Crippen LogP contribution in [0.3, 0.4) is 0 Å². The molecule has 1 aromatic carbocycles. The first-order valence-electron chi connectivity index (χ1n) is 11.7. The van der Waals surface area contributed by atoms with Crippen LogP contribution in [0.4, 0.5) is 0 Å². The summed E-state index contributed by atoms with van der Waals surface area (Å²) in [5.41, 5.74) is -0.0696. The largest absolute Gasteiger partial charge is 0.486 e. The van der Waals surface area contributed by atoms with E-state index < -0.39 is 11.6 Å². The predicted molar refractivity (Wildman–Crippen MR) is 119 cm³/mol. The van der Waals surface area contributed by atoms with Crippen molar-refractivity contribution in [3.05, 3.63) is 29.8 Å². The lowest BCUT2D eigenvalue weighted by atomic mass is 9.84. The first-order chi connectivity index (χ1) is 15.5. The Labute approximate surface area is 189 Å². The van der Waals surface area contributed by atoms with Crippen LogP contribution in [0, 0.1) is 0 Å². The Bertz CT molecular complexity index is 854. The number of ether oxygens (including phenoxy) is 2. The summed E-state index contributed by atoms with van der Waals surface area (Å²) in [4.78, 5) is 42.2. The van der Waals surface area contributed by atoms with Crippen LogP contribution in [0.2, 0.25) is 0 Å². The Kier molecular flexibility index (Phi) is 7.10. The van der Waals surface area contributed by atoms with E-state index in [0.29, 0.717) is 37.2 Å². The molecule has 32 heavy (non-hydrogen) atoms. The number of amides is 2. The standard InChI is InChI=1S/C24H33N3O5/c1-18(23(30)25-10-4-11-26-13-15-31-16-14-26)27-12-9-24(8-7-22(27)29)17-20(28)19-5-2-3-6-21(19)32-24/h2-3,5-6,18H,4,7-17H2,1H3,(H,25,30)/t18-,24-/m1/s1. The summed E-state index contributed by atoms with van der Waals surface area (Å²) in [5.74, 6) is 0.449. The zero-order valence-electron chi connectivity index (χ0n) is 18.8. The van der Waals surface area contributed by atoms with E-state index in [1.165, 1.54) is 0 Å². The molecule has 174 valence electrons. The molecule has 3 aliphatic rings. The van der Waals surface area contributed by atoms with Crippen LogP contribution in [0.25, 0.3) is 0 Å². The lowest BCUT2D eigenvalue weighted by Crippen LogP contribution is -2.49. The number of carbonyl (C=O) groups is 3. The van der Waals surface area contributed by atoms with Crippen LogP contribution in [0.15, 0.2) is 24.3 Å². The first kappa shape index (κ1) is 22.7. The average Bonchev–Trinajstić information content (AvgIpc) is 2.96. The van der Waals surface area contributed by atoms with Crippen molar-refractivity contribution in [1.82, 2.24) is 15.1 Å². The summed E-state index contributed by atoms with van der Waals surface area (Å²) < 4.78 is 11.6. The van der Waals surface area contributed by atoms with E-state index in [-0.39, 0.29) is 30.4 Å². The minimum atomic E-state index is -0.676. The molecule has 1 N–H and O–H groups in total. The second kappa shape index (κ2) is 10.0. The Morgan fingerprint density at radius 3 is 2.75 bits per heavy atom. The van der Waals surface area contributed by atoms with Gasteiger partial charge in [-0.25, -0.2) is 0 Å². The van der Waals surface area contributed by atoms with Gasteiger partial charge in [-0.05, 0) is 38.4 Å². The molecule has 0 unspecified atom stereocenters. The molecule has 3 heterocycles. The zero-order valence-corrected chi connectivity index (χ0v) is 18.8. The highest BCUT2D eigenvalue weighted by Crippen LogP contribution is 2.39. The molecule has 1 aromatic rings. The van der Waals surface area contributed by atoms with Crippen molar-refractivity contribution in [1.29, 1.82) is 0 Å². The number of Topliss-reactive ketones (excluding diaryl/α,β-unsaturated/α-hetero) is 1. The number of benzene rings is 1. The van der Waals surface area contributed by atoms with Gasteiger partial charge in [-0.15, -0.1) is 0 Å². The van der Waals surface area contributed by atoms with Crippen molar-refractivity contribution in [3.63, 3.8) is 0 Å². The molecular weight excluding hydrogens is 410 g/mol. The molecule has 0 aromatic heterocycles. The second-order valence-electron chi connectivity index (χ2n) is 8.99. The summed E-state index contributed by atoms with van der Waals surface area (Å²) in [6, 6.07) is 6.73. The number of morpholine rings is 1. The minimum Gasteiger partial charge on any atom is -0.486 e. The highest BCUT2D eigenvalue weighted by Gasteiger charge is 2.44. The van der Waals surface area contributed by atoms with Gasteiger partial charge in [0.25, 0.3) is 0 Å². The number of rotatable bonds is 6. The van der Waals surface area contributed by atoms with Gasteiger partial charge >= 0.3 is 0 Å². The third-order valence-corrected chi connectivity index (χ3v) is 6.82. The van der Waals surface area contributed by atoms with Gasteiger partial charge in [0.2, 0.25) is 11.8 Å². The van der Waals surface area contributed by atoms with Gasteiger partial charge in [0, 0.05) is 39.0 Å². The molecule has 0 radical (unpaired) electrons. The van der Waals surface area contributed by atoms with Crippen molar-refractivity contribution in [2.24, 2.45) is 0 Å². The number of nitrogens with zero attached hydrogens (tertiary/aromatic N) is 2. The lowest BCUT2D eigenvalue weighted by molar-refractivity contribution is -0.139. The van der Waals surface area contributed by atoms with E-state index in [9.17, 15) is 14.4 Å². The van der Waals surface area contributed by atoms with E-state index in [4.69, 9.17) is 9.47 Å². The maximum absolute atomic E-state index is 12.8. The lowest BCUT2D eigenvalue weighted by Gasteiger charge is -2.37. The van der Waals surface area contributed by atoms with Crippen molar-refractivity contribution < 1.29 is 23.9 Å². The number of para-hydroxylation sites is 1. The van der Waals surface area contributed by atoms with E-state index >= 15 is 0 Å². The molecule has 2 amide bonds. The van der Waals surface area contributed by atoms with Crippen LogP contribution >= 0.6 is 0 Å². The molecule has 3 aliphatic heterocycles. The van der Waals surface area contributed by atoms with Gasteiger partial charge in [0.1, 0.15) is 17.4 Å². The maximum atomic E-state index is 12.8. The molecule has 2 fully saturated rings. The highest BCUT2D eigenvalue weighted by atomic mass is 16.5. The zero-order chi connectivity index (χ0) is 22.6. The maximum Gasteiger partial charge on any atom is 0.242 e. The van der Waals surface area contributed by atoms with Crippen molar-refractivity contribution >= 4 is 17.6 Å². The van der Waals surface area contributed by atoms with Gasteiger partial charge in [0.15, 0.2) is 5.78 Å². The van der Waals surface area contributed by atoms with E-state index in [1.807, 2.05) is 18.2 Å². The fourth-order valence-corrected chi connectivity index (χ4v) is 4.81. The van der Waals surface area contributed by atoms with Crippen molar-refractivity contribution in [3.8, 4) is 5.75 Å². The molecule has 0 bridgehead atoms. The van der Waals surface area contributed by atoms with Gasteiger partial charge < -0.3 is 19.7 Å². The van der Waals surface area contributed by atoms with Gasteiger partial charge in [-0.3, -0.25) is 19.3 Å². The Morgan fingerprint density at radius 1 is 1.16 bits per heavy atom. The number of fused-ring (bicyclic) bond motifs is 1. The Balaban J connectivity index is 1.30. The number of hydrogen-bond acceptors (Lipinski definition) is 6. The fourth-order valence-electron chi connectivity index (χ4n) is 4.81. The highest BCUT2D eigenvalue weighted by molar-refractivity contribution is 6.00. The molecular formula is C24H33N3O5. The molecule has 0 saturated carbocycles. The average molecular weight is 444 g/mol. The molecule has 8 nitrogen and oxygen atoms in total. The van der Waals surface area contributed by atoms with E-state index in [0.717, 1.165) is 39.3 Å². The number of ketones is 1. The normalized spacial score (nSPS) is 25.1. The molecule has 8 heteroatoms. The minimum absolute atomic E-state index is 0.0545. The molecule has 4 rings (SSSR count). The molecule has 2 saturated heterocycles. The molecule has 0 aliphatic carbocycles. The topological polar surface area (TPSA) is 88.2 Å². The Morgan fingerprint density at radius 2 is 1.94 bits per heavy atom. The van der Waals surface area contributed by atoms with Crippen molar-refractivity contribution in [2.45, 2.75) is 50.7 Å². The summed E-state index contributed by atoms with van der Waals surface area (Å²) in [7, 11) is 0. The number of carbonyl (C=O) groups excluding carboxylic acids is 3. The van der Waals surface area contributed by atoms with Gasteiger partial charge in [-0.1, -0.05) is 12.1 Å². The molecule has 1 spiro atoms. The van der Waals surface area contributed by atoms with Crippen LogP contribution in [0.5, 0.6) is 5.75 Å². The first-order valence-corrected chi connectivity index (χ1v) is 11.7. The van der Waals surface area contributed by atoms with E-state index in [2.05, 4.69) is 10.2 Å². The van der Waals surface area contributed by atoms with Crippen molar-refractivity contribution in [2.75, 3.05) is 45.9 Å². The van der Waals surface area contributed by atoms with Crippen LogP contribution < -0.4 is 10.1 Å². The van der Waals surface area contributed by atoms with E-state index in [1.54, 1.807) is 17.9 Å². The monoisotopic (exact) mass is 443 g/mol. The van der Waals surface area contributed by atoms with Gasteiger partial charge in [-0.2, -0.15) is 0 Å². The second-order valence-corrected chi connectivity index (χ2v) is 8.99. The molecule has 2 atom stereocenters. The number of hydrogen-bond donors (Lipinski definition) is 1. The summed E-state index contributed by atoms with van der Waals surface area (Å²) in [5, 5.41) is 2.98. The third kappa shape index (κ3) is 5.13. The summed E-state index contributed by atoms with van der Waals surface area (Å²) in [6.45, 7) is 7.08. The van der Waals surface area contributed by atoms with Crippen LogP contribution in [-0.4, -0.2) is 85.0 Å². The SMILES string of the molecule is C[C@H](C(=O)NCCCN1CCOCC1)N1CC[C@]2(CCC1=O)CC(=O)c1ccccc1O2. The third-order valence-electron chi connectivity index (χ3n) is 6.82. The predicted octanol–water partition coefficient (Wildman–Crippen LogP) is 1.63. The Hall–Kier alpha value is -2.45. The smallest absolute Gasteiger partial charge is 0.242 e. The van der Waals surface area contributed by atoms with Crippen LogP contribution in [0.1, 0.15) is 49.4 Å². The fraction of sp³-hybridized carbons (Fsp3) is 0.625. The quantitative estimate of drug-likeness (QED) is 0.673. The van der Waals surface area contributed by atoms with Crippen LogP contribution in [-0.2, 0) is 14.3 Å². The summed E-state index contributed by atoms with van der Waals surface area (Å²) in [6.07, 6.45) is 2.42. The number of likely N-dealkylation sites (tertiary alicyclic amines) is 1. The summed E-state index contributed by atoms with van der Waals surface area (Å²) >= 11 is 0.